The molecule has 0 heterocycles. The van der Waals surface area contributed by atoms with Gasteiger partial charge in [0.25, 0.3) is 0 Å². The van der Waals surface area contributed by atoms with Crippen LogP contribution in [-0.4, -0.2) is 5.84 Å². The fourth-order valence-corrected chi connectivity index (χ4v) is 2.40. The van der Waals surface area contributed by atoms with E-state index < -0.39 is 0 Å². The summed E-state index contributed by atoms with van der Waals surface area (Å²) in [7, 11) is 0. The van der Waals surface area contributed by atoms with Crippen LogP contribution in [0.4, 0.5) is 0 Å². The molecule has 0 unspecified atom stereocenters. The third kappa shape index (κ3) is 3.47. The van der Waals surface area contributed by atoms with Crippen molar-refractivity contribution in [1.29, 1.82) is 5.41 Å². The SMILES string of the molecule is CCCCCc1ccc(-c2ccccc2C(=N)N)cc1. The van der Waals surface area contributed by atoms with Crippen LogP contribution in [0.15, 0.2) is 48.5 Å². The van der Waals surface area contributed by atoms with Crippen molar-refractivity contribution < 1.29 is 0 Å². The van der Waals surface area contributed by atoms with Crippen LogP contribution in [0.1, 0.15) is 37.3 Å². The summed E-state index contributed by atoms with van der Waals surface area (Å²) in [5, 5.41) is 7.66. The Morgan fingerprint density at radius 1 is 1.00 bits per heavy atom. The number of aryl methyl sites for hydroxylation is 1. The van der Waals surface area contributed by atoms with Crippen LogP contribution in [0.2, 0.25) is 0 Å². The lowest BCUT2D eigenvalue weighted by Crippen LogP contribution is -2.12. The van der Waals surface area contributed by atoms with Crippen LogP contribution in [-0.2, 0) is 6.42 Å². The van der Waals surface area contributed by atoms with Crippen molar-refractivity contribution in [2.45, 2.75) is 32.6 Å². The molecule has 2 heteroatoms. The summed E-state index contributed by atoms with van der Waals surface area (Å²) >= 11 is 0. The maximum atomic E-state index is 7.66. The highest BCUT2D eigenvalue weighted by molar-refractivity contribution is 6.01. The molecule has 0 bridgehead atoms. The molecule has 0 saturated carbocycles. The lowest BCUT2D eigenvalue weighted by molar-refractivity contribution is 0.717. The Bertz CT molecular complexity index is 570. The first-order chi connectivity index (χ1) is 9.72. The molecular weight excluding hydrogens is 244 g/mol. The van der Waals surface area contributed by atoms with Crippen LogP contribution in [0, 0.1) is 5.41 Å². The molecular formula is C18H22N2. The first kappa shape index (κ1) is 14.3. The van der Waals surface area contributed by atoms with Gasteiger partial charge in [-0.1, -0.05) is 68.3 Å². The first-order valence-electron chi connectivity index (χ1n) is 7.25. The largest absolute Gasteiger partial charge is 0.384 e. The zero-order valence-electron chi connectivity index (χ0n) is 12.0. The normalized spacial score (nSPS) is 10.4. The van der Waals surface area contributed by atoms with Gasteiger partial charge in [0, 0.05) is 5.56 Å². The third-order valence-electron chi connectivity index (χ3n) is 3.55. The van der Waals surface area contributed by atoms with Crippen molar-refractivity contribution in [2.24, 2.45) is 5.73 Å². The number of amidine groups is 1. The van der Waals surface area contributed by atoms with Crippen LogP contribution in [0.3, 0.4) is 0 Å². The molecule has 2 rings (SSSR count). The molecule has 0 atom stereocenters. The fourth-order valence-electron chi connectivity index (χ4n) is 2.40. The van der Waals surface area contributed by atoms with Crippen molar-refractivity contribution in [2.75, 3.05) is 0 Å². The Kier molecular flexibility index (Phi) is 4.94. The van der Waals surface area contributed by atoms with Crippen LogP contribution < -0.4 is 5.73 Å². The van der Waals surface area contributed by atoms with Crippen molar-refractivity contribution in [1.82, 2.24) is 0 Å². The third-order valence-corrected chi connectivity index (χ3v) is 3.55. The summed E-state index contributed by atoms with van der Waals surface area (Å²) in [6.07, 6.45) is 4.93. The molecule has 0 aliphatic carbocycles. The van der Waals surface area contributed by atoms with E-state index in [1.54, 1.807) is 0 Å². The Labute approximate surface area is 121 Å². The summed E-state index contributed by atoms with van der Waals surface area (Å²) < 4.78 is 0. The fraction of sp³-hybridized carbons (Fsp3) is 0.278. The summed E-state index contributed by atoms with van der Waals surface area (Å²) in [4.78, 5) is 0. The average Bonchev–Trinajstić information content (AvgIpc) is 2.48. The van der Waals surface area contributed by atoms with Gasteiger partial charge in [-0.05, 0) is 29.5 Å². The van der Waals surface area contributed by atoms with Crippen molar-refractivity contribution in [3.8, 4) is 11.1 Å². The molecule has 20 heavy (non-hydrogen) atoms. The van der Waals surface area contributed by atoms with Gasteiger partial charge in [0.15, 0.2) is 0 Å². The molecule has 0 aliphatic heterocycles. The number of hydrogen-bond acceptors (Lipinski definition) is 1. The van der Waals surface area contributed by atoms with Gasteiger partial charge in [-0.2, -0.15) is 0 Å². The highest BCUT2D eigenvalue weighted by Crippen LogP contribution is 2.24. The van der Waals surface area contributed by atoms with Gasteiger partial charge in [-0.15, -0.1) is 0 Å². The number of nitrogen functional groups attached to an aromatic ring is 1. The molecule has 0 aromatic heterocycles. The van der Waals surface area contributed by atoms with Crippen LogP contribution in [0.25, 0.3) is 11.1 Å². The molecule has 104 valence electrons. The molecule has 0 aliphatic rings. The molecule has 2 aromatic carbocycles. The summed E-state index contributed by atoms with van der Waals surface area (Å²) in [6, 6.07) is 16.4. The van der Waals surface area contributed by atoms with E-state index in [-0.39, 0.29) is 5.84 Å². The van der Waals surface area contributed by atoms with Crippen molar-refractivity contribution in [3.05, 3.63) is 59.7 Å². The number of unbranched alkanes of at least 4 members (excludes halogenated alkanes) is 2. The molecule has 0 amide bonds. The predicted octanol–water partition coefficient (Wildman–Crippen LogP) is 4.37. The molecule has 0 saturated heterocycles. The second-order valence-electron chi connectivity index (χ2n) is 5.11. The lowest BCUT2D eigenvalue weighted by Gasteiger charge is -2.09. The van der Waals surface area contributed by atoms with E-state index >= 15 is 0 Å². The van der Waals surface area contributed by atoms with Crippen molar-refractivity contribution >= 4 is 5.84 Å². The Morgan fingerprint density at radius 3 is 2.35 bits per heavy atom. The maximum Gasteiger partial charge on any atom is 0.123 e. The highest BCUT2D eigenvalue weighted by atomic mass is 14.7. The molecule has 0 radical (unpaired) electrons. The minimum atomic E-state index is 0.118. The number of nitrogens with one attached hydrogen (secondary N) is 1. The van der Waals surface area contributed by atoms with Gasteiger partial charge in [-0.3, -0.25) is 5.41 Å². The maximum absolute atomic E-state index is 7.66. The predicted molar refractivity (Wildman–Crippen MR) is 86.1 cm³/mol. The van der Waals surface area contributed by atoms with Gasteiger partial charge in [-0.25, -0.2) is 0 Å². The van der Waals surface area contributed by atoms with E-state index in [9.17, 15) is 0 Å². The Morgan fingerprint density at radius 2 is 1.70 bits per heavy atom. The highest BCUT2D eigenvalue weighted by Gasteiger charge is 2.06. The number of benzene rings is 2. The summed E-state index contributed by atoms with van der Waals surface area (Å²) in [6.45, 7) is 2.22. The molecule has 3 N–H and O–H groups in total. The lowest BCUT2D eigenvalue weighted by atomic mass is 9.97. The van der Waals surface area contributed by atoms with Gasteiger partial charge in [0.2, 0.25) is 0 Å². The quantitative estimate of drug-likeness (QED) is 0.455. The Balaban J connectivity index is 2.20. The second-order valence-corrected chi connectivity index (χ2v) is 5.11. The van der Waals surface area contributed by atoms with E-state index in [2.05, 4.69) is 31.2 Å². The van der Waals surface area contributed by atoms with Gasteiger partial charge in [0.05, 0.1) is 0 Å². The Hall–Kier alpha value is -2.09. The molecule has 0 spiro atoms. The molecule has 0 fully saturated rings. The zero-order valence-corrected chi connectivity index (χ0v) is 12.0. The minimum Gasteiger partial charge on any atom is -0.384 e. The summed E-state index contributed by atoms with van der Waals surface area (Å²) in [5.74, 6) is 0.118. The van der Waals surface area contributed by atoms with E-state index in [1.165, 1.54) is 24.8 Å². The van der Waals surface area contributed by atoms with Crippen LogP contribution in [0.5, 0.6) is 0 Å². The first-order valence-corrected chi connectivity index (χ1v) is 7.25. The van der Waals surface area contributed by atoms with E-state index in [0.29, 0.717) is 0 Å². The van der Waals surface area contributed by atoms with E-state index in [0.717, 1.165) is 23.1 Å². The standard InChI is InChI=1S/C18H22N2/c1-2-3-4-7-14-10-12-15(13-11-14)16-8-5-6-9-17(16)18(19)20/h5-6,8-13H,2-4,7H2,1H3,(H3,19,20). The number of hydrogen-bond donors (Lipinski definition) is 2. The number of nitrogens with two attached hydrogens (primary N) is 1. The van der Waals surface area contributed by atoms with E-state index in [1.807, 2.05) is 24.3 Å². The van der Waals surface area contributed by atoms with Crippen molar-refractivity contribution in [3.63, 3.8) is 0 Å². The zero-order chi connectivity index (χ0) is 14.4. The second kappa shape index (κ2) is 6.90. The van der Waals surface area contributed by atoms with E-state index in [4.69, 9.17) is 11.1 Å². The van der Waals surface area contributed by atoms with Crippen LogP contribution >= 0.6 is 0 Å². The van der Waals surface area contributed by atoms with Gasteiger partial charge in [0.1, 0.15) is 5.84 Å². The van der Waals surface area contributed by atoms with Gasteiger partial charge < -0.3 is 5.73 Å². The summed E-state index contributed by atoms with van der Waals surface area (Å²) in [5.41, 5.74) is 9.97. The minimum absolute atomic E-state index is 0.118. The number of rotatable bonds is 6. The molecule has 2 aromatic rings. The molecule has 2 nitrogen and oxygen atoms in total. The average molecular weight is 266 g/mol. The topological polar surface area (TPSA) is 49.9 Å². The van der Waals surface area contributed by atoms with Gasteiger partial charge >= 0.3 is 0 Å². The smallest absolute Gasteiger partial charge is 0.123 e. The monoisotopic (exact) mass is 266 g/mol.